The maximum Gasteiger partial charge on any atom is 0.261 e. The fraction of sp³-hybridized carbons (Fsp3) is 0.267. The van der Waals surface area contributed by atoms with E-state index < -0.39 is 11.7 Å². The van der Waals surface area contributed by atoms with Crippen molar-refractivity contribution < 1.29 is 9.18 Å². The number of halogens is 1. The molecule has 0 saturated heterocycles. The molecule has 3 N–H and O–H groups in total. The third-order valence-corrected chi connectivity index (χ3v) is 3.98. The SMILES string of the molecule is C[C@H]1CCc2c1cc(C(=O)Nc1ncc(F)cn1)c(=N)n2C=N. The number of nitrogens with one attached hydrogen (secondary N) is 3. The highest BCUT2D eigenvalue weighted by Gasteiger charge is 2.25. The molecule has 0 unspecified atom stereocenters. The Bertz CT molecular complexity index is 842. The van der Waals surface area contributed by atoms with Crippen LogP contribution < -0.4 is 10.8 Å². The molecule has 7 nitrogen and oxygen atoms in total. The summed E-state index contributed by atoms with van der Waals surface area (Å²) >= 11 is 0. The van der Waals surface area contributed by atoms with Gasteiger partial charge in [0.15, 0.2) is 5.82 Å². The van der Waals surface area contributed by atoms with Crippen molar-refractivity contribution in [1.82, 2.24) is 14.5 Å². The number of rotatable bonds is 3. The molecule has 0 bridgehead atoms. The Labute approximate surface area is 131 Å². The van der Waals surface area contributed by atoms with Gasteiger partial charge in [0.05, 0.1) is 24.3 Å². The number of carbonyl (C=O) groups excluding carboxylic acids is 1. The van der Waals surface area contributed by atoms with Gasteiger partial charge in [-0.15, -0.1) is 0 Å². The molecule has 3 rings (SSSR count). The summed E-state index contributed by atoms with van der Waals surface area (Å²) in [4.78, 5) is 19.7. The van der Waals surface area contributed by atoms with Crippen molar-refractivity contribution in [3.63, 3.8) is 0 Å². The van der Waals surface area contributed by atoms with Gasteiger partial charge >= 0.3 is 0 Å². The Kier molecular flexibility index (Phi) is 3.73. The van der Waals surface area contributed by atoms with Crippen LogP contribution in [0, 0.1) is 16.6 Å². The number of nitrogens with zero attached hydrogens (tertiary/aromatic N) is 3. The van der Waals surface area contributed by atoms with Gasteiger partial charge in [-0.25, -0.2) is 14.4 Å². The van der Waals surface area contributed by atoms with Crippen molar-refractivity contribution in [1.29, 1.82) is 10.8 Å². The quantitative estimate of drug-likeness (QED) is 0.592. The summed E-state index contributed by atoms with van der Waals surface area (Å²) < 4.78 is 14.2. The van der Waals surface area contributed by atoms with Crippen molar-refractivity contribution in [2.75, 3.05) is 5.32 Å². The van der Waals surface area contributed by atoms with Crippen molar-refractivity contribution in [2.24, 2.45) is 0 Å². The molecule has 0 aliphatic heterocycles. The largest absolute Gasteiger partial charge is 0.291 e. The lowest BCUT2D eigenvalue weighted by molar-refractivity contribution is 0.102. The maximum atomic E-state index is 12.8. The van der Waals surface area contributed by atoms with E-state index in [0.29, 0.717) is 0 Å². The number of amides is 1. The third kappa shape index (κ3) is 2.63. The van der Waals surface area contributed by atoms with Crippen LogP contribution in [0.4, 0.5) is 10.3 Å². The first-order valence-corrected chi connectivity index (χ1v) is 7.13. The van der Waals surface area contributed by atoms with Gasteiger partial charge in [0, 0.05) is 5.69 Å². The van der Waals surface area contributed by atoms with Crippen LogP contribution in [0.25, 0.3) is 0 Å². The summed E-state index contributed by atoms with van der Waals surface area (Å²) in [5.74, 6) is -0.924. The number of carbonyl (C=O) groups is 1. The molecular formula is C15H15FN6O. The molecule has 2 aromatic heterocycles. The monoisotopic (exact) mass is 314 g/mol. The number of fused-ring (bicyclic) bond motifs is 1. The first-order chi connectivity index (χ1) is 11.0. The van der Waals surface area contributed by atoms with Gasteiger partial charge in [0.1, 0.15) is 5.49 Å². The van der Waals surface area contributed by atoms with E-state index in [4.69, 9.17) is 10.8 Å². The smallest absolute Gasteiger partial charge is 0.261 e. The van der Waals surface area contributed by atoms with E-state index in [1.807, 2.05) is 0 Å². The Hall–Kier alpha value is -2.90. The standard InChI is InChI=1S/C15H15FN6O/c1-8-2-3-12-10(8)4-11(13(18)22(12)7-17)14(23)21-15-19-5-9(16)6-20-15/h4-8,17-18H,2-3H2,1H3,(H,19,20,21,23)/t8-/m0/s1. The zero-order chi connectivity index (χ0) is 16.6. The van der Waals surface area contributed by atoms with Crippen LogP contribution in [-0.2, 0) is 6.42 Å². The summed E-state index contributed by atoms with van der Waals surface area (Å²) in [6, 6.07) is 1.69. The third-order valence-electron chi connectivity index (χ3n) is 3.98. The topological polar surface area (TPSA) is 108 Å². The highest BCUT2D eigenvalue weighted by molar-refractivity contribution is 6.03. The van der Waals surface area contributed by atoms with Crippen LogP contribution in [0.2, 0.25) is 0 Å². The van der Waals surface area contributed by atoms with Crippen LogP contribution in [0.5, 0.6) is 0 Å². The minimum atomic E-state index is -0.600. The Morgan fingerprint density at radius 1 is 1.48 bits per heavy atom. The van der Waals surface area contributed by atoms with E-state index in [0.717, 1.165) is 42.8 Å². The van der Waals surface area contributed by atoms with E-state index in [-0.39, 0.29) is 22.9 Å². The summed E-state index contributed by atoms with van der Waals surface area (Å²) in [7, 11) is 0. The predicted molar refractivity (Wildman–Crippen MR) is 81.1 cm³/mol. The van der Waals surface area contributed by atoms with E-state index in [1.165, 1.54) is 4.57 Å². The fourth-order valence-corrected chi connectivity index (χ4v) is 2.77. The zero-order valence-corrected chi connectivity index (χ0v) is 12.4. The van der Waals surface area contributed by atoms with Gasteiger partial charge in [-0.1, -0.05) is 6.92 Å². The van der Waals surface area contributed by atoms with Crippen LogP contribution in [0.1, 0.15) is 40.9 Å². The van der Waals surface area contributed by atoms with Gasteiger partial charge in [-0.2, -0.15) is 0 Å². The Balaban J connectivity index is 2.01. The normalized spacial score (nSPS) is 16.0. The first-order valence-electron chi connectivity index (χ1n) is 7.13. The molecule has 2 heterocycles. The van der Waals surface area contributed by atoms with Crippen molar-refractivity contribution in [2.45, 2.75) is 25.7 Å². The lowest BCUT2D eigenvalue weighted by atomic mass is 10.0. The minimum Gasteiger partial charge on any atom is -0.291 e. The Morgan fingerprint density at radius 2 is 2.17 bits per heavy atom. The van der Waals surface area contributed by atoms with Crippen LogP contribution in [-0.4, -0.2) is 26.8 Å². The van der Waals surface area contributed by atoms with E-state index in [2.05, 4.69) is 22.2 Å². The molecule has 1 atom stereocenters. The van der Waals surface area contributed by atoms with Crippen LogP contribution >= 0.6 is 0 Å². The number of aromatic nitrogens is 3. The van der Waals surface area contributed by atoms with Gasteiger partial charge < -0.3 is 0 Å². The molecule has 0 aromatic carbocycles. The average Bonchev–Trinajstić information content (AvgIpc) is 2.90. The van der Waals surface area contributed by atoms with Crippen LogP contribution in [0.15, 0.2) is 18.5 Å². The summed E-state index contributed by atoms with van der Waals surface area (Å²) in [6.45, 7) is 2.05. The lowest BCUT2D eigenvalue weighted by Gasteiger charge is -2.13. The van der Waals surface area contributed by atoms with E-state index in [9.17, 15) is 9.18 Å². The molecule has 0 radical (unpaired) electrons. The second kappa shape index (κ2) is 5.71. The highest BCUT2D eigenvalue weighted by atomic mass is 19.1. The fourth-order valence-electron chi connectivity index (χ4n) is 2.77. The lowest BCUT2D eigenvalue weighted by Crippen LogP contribution is -2.31. The molecule has 8 heteroatoms. The molecule has 1 aliphatic carbocycles. The average molecular weight is 314 g/mol. The number of anilines is 1. The molecule has 1 aliphatic rings. The minimum absolute atomic E-state index is 0.0363. The van der Waals surface area contributed by atoms with Crippen molar-refractivity contribution in [3.8, 4) is 0 Å². The molecule has 0 saturated carbocycles. The van der Waals surface area contributed by atoms with Gasteiger partial charge in [-0.3, -0.25) is 25.5 Å². The van der Waals surface area contributed by atoms with Crippen LogP contribution in [0.3, 0.4) is 0 Å². The predicted octanol–water partition coefficient (Wildman–Crippen LogP) is 1.65. The van der Waals surface area contributed by atoms with E-state index in [1.54, 1.807) is 6.07 Å². The molecular weight excluding hydrogens is 299 g/mol. The molecule has 118 valence electrons. The molecule has 0 spiro atoms. The first kappa shape index (κ1) is 15.0. The van der Waals surface area contributed by atoms with Gasteiger partial charge in [0.25, 0.3) is 5.91 Å². The molecule has 1 amide bonds. The summed E-state index contributed by atoms with van der Waals surface area (Å²) in [6.07, 6.45) is 4.65. The molecule has 2 aromatic rings. The number of pyridine rings is 1. The summed E-state index contributed by atoms with van der Waals surface area (Å²) in [5, 5.41) is 18.1. The molecule has 23 heavy (non-hydrogen) atoms. The van der Waals surface area contributed by atoms with Crippen molar-refractivity contribution >= 4 is 18.2 Å². The second-order valence-electron chi connectivity index (χ2n) is 5.43. The highest BCUT2D eigenvalue weighted by Crippen LogP contribution is 2.31. The molecule has 0 fully saturated rings. The second-order valence-corrected chi connectivity index (χ2v) is 5.43. The Morgan fingerprint density at radius 3 is 2.83 bits per heavy atom. The number of hydrogen-bond acceptors (Lipinski definition) is 5. The maximum absolute atomic E-state index is 12.8. The number of hydrogen-bond donors (Lipinski definition) is 3. The van der Waals surface area contributed by atoms with E-state index >= 15 is 0 Å². The zero-order valence-electron chi connectivity index (χ0n) is 12.4. The van der Waals surface area contributed by atoms with Gasteiger partial charge in [-0.05, 0) is 30.4 Å². The van der Waals surface area contributed by atoms with Crippen molar-refractivity contribution in [3.05, 3.63) is 46.6 Å². The van der Waals surface area contributed by atoms with Gasteiger partial charge in [0.2, 0.25) is 5.95 Å². The summed E-state index contributed by atoms with van der Waals surface area (Å²) in [5.41, 5.74) is 1.93.